The molecular weight excluding hydrogens is 416 g/mol. The van der Waals surface area contributed by atoms with Crippen LogP contribution in [0.2, 0.25) is 0 Å². The lowest BCUT2D eigenvalue weighted by atomic mass is 10.2. The number of benzene rings is 2. The van der Waals surface area contributed by atoms with Crippen LogP contribution in [0.3, 0.4) is 0 Å². The van der Waals surface area contributed by atoms with Gasteiger partial charge in [-0.25, -0.2) is 4.68 Å². The number of phenolic OH excluding ortho intramolecular Hbond substituents is 1. The number of phenols is 1. The van der Waals surface area contributed by atoms with Gasteiger partial charge in [0.15, 0.2) is 0 Å². The molecule has 0 fully saturated rings. The Hall–Kier alpha value is -3.20. The van der Waals surface area contributed by atoms with E-state index >= 15 is 0 Å². The Bertz CT molecular complexity index is 1130. The fourth-order valence-electron chi connectivity index (χ4n) is 2.62. The van der Waals surface area contributed by atoms with Crippen LogP contribution in [0.5, 0.6) is 5.75 Å². The molecule has 0 saturated heterocycles. The van der Waals surface area contributed by atoms with E-state index in [9.17, 15) is 20.0 Å². The Morgan fingerprint density at radius 1 is 1.26 bits per heavy atom. The van der Waals surface area contributed by atoms with E-state index in [1.165, 1.54) is 23.0 Å². The van der Waals surface area contributed by atoms with Crippen molar-refractivity contribution in [1.29, 1.82) is 0 Å². The van der Waals surface area contributed by atoms with Crippen molar-refractivity contribution in [3.8, 4) is 11.4 Å². The fourth-order valence-corrected chi connectivity index (χ4v) is 3.10. The number of nitro groups is 1. The number of H-pyrrole nitrogens is 1. The van der Waals surface area contributed by atoms with Crippen molar-refractivity contribution >= 4 is 33.5 Å². The van der Waals surface area contributed by atoms with E-state index in [0.717, 1.165) is 16.1 Å². The van der Waals surface area contributed by atoms with E-state index in [2.05, 4.69) is 26.0 Å². The SMILES string of the molecule is Cc1cc(Br)ccc1-n1[nH]c(C)c(C=Nc2ccc([N+](=O)[O-])cc2O)c1=O. The number of aromatic amines is 1. The molecule has 0 aliphatic carbocycles. The van der Waals surface area contributed by atoms with Crippen molar-refractivity contribution in [3.05, 3.63) is 78.2 Å². The van der Waals surface area contributed by atoms with Crippen molar-refractivity contribution in [3.63, 3.8) is 0 Å². The van der Waals surface area contributed by atoms with Gasteiger partial charge in [-0.3, -0.25) is 25.0 Å². The van der Waals surface area contributed by atoms with Gasteiger partial charge in [0, 0.05) is 22.4 Å². The van der Waals surface area contributed by atoms with Gasteiger partial charge in [-0.2, -0.15) is 0 Å². The molecule has 2 N–H and O–H groups in total. The summed E-state index contributed by atoms with van der Waals surface area (Å²) in [4.78, 5) is 27.0. The largest absolute Gasteiger partial charge is 0.505 e. The van der Waals surface area contributed by atoms with E-state index in [1.807, 2.05) is 25.1 Å². The average Bonchev–Trinajstić information content (AvgIpc) is 2.88. The molecule has 1 aromatic heterocycles. The summed E-state index contributed by atoms with van der Waals surface area (Å²) in [5.74, 6) is -0.335. The minimum atomic E-state index is -0.608. The van der Waals surface area contributed by atoms with E-state index in [4.69, 9.17) is 0 Å². The summed E-state index contributed by atoms with van der Waals surface area (Å²) in [5, 5.41) is 23.6. The lowest BCUT2D eigenvalue weighted by molar-refractivity contribution is -0.384. The molecular formula is C18H15BrN4O4. The number of nitrogens with zero attached hydrogens (tertiary/aromatic N) is 3. The van der Waals surface area contributed by atoms with Crippen molar-refractivity contribution < 1.29 is 10.0 Å². The summed E-state index contributed by atoms with van der Waals surface area (Å²) < 4.78 is 2.34. The van der Waals surface area contributed by atoms with E-state index in [1.54, 1.807) is 6.92 Å². The number of nitro benzene ring substituents is 1. The molecule has 3 rings (SSSR count). The number of aliphatic imine (C=N–C) groups is 1. The van der Waals surface area contributed by atoms with E-state index < -0.39 is 4.92 Å². The topological polar surface area (TPSA) is 114 Å². The Labute approximate surface area is 162 Å². The molecule has 138 valence electrons. The first-order valence-corrected chi connectivity index (χ1v) is 8.67. The van der Waals surface area contributed by atoms with Gasteiger partial charge < -0.3 is 5.11 Å². The number of hydrogen-bond acceptors (Lipinski definition) is 5. The predicted octanol–water partition coefficient (Wildman–Crippen LogP) is 3.91. The lowest BCUT2D eigenvalue weighted by Crippen LogP contribution is -2.18. The highest BCUT2D eigenvalue weighted by atomic mass is 79.9. The second-order valence-corrected chi connectivity index (χ2v) is 6.83. The molecule has 3 aromatic rings. The van der Waals surface area contributed by atoms with Crippen LogP contribution in [0, 0.1) is 24.0 Å². The van der Waals surface area contributed by atoms with Crippen LogP contribution in [-0.2, 0) is 0 Å². The van der Waals surface area contributed by atoms with Crippen LogP contribution >= 0.6 is 15.9 Å². The highest BCUT2D eigenvalue weighted by molar-refractivity contribution is 9.10. The van der Waals surface area contributed by atoms with Gasteiger partial charge in [-0.1, -0.05) is 15.9 Å². The highest BCUT2D eigenvalue weighted by Crippen LogP contribution is 2.30. The van der Waals surface area contributed by atoms with Crippen LogP contribution in [0.1, 0.15) is 16.8 Å². The van der Waals surface area contributed by atoms with Crippen LogP contribution in [-0.4, -0.2) is 26.0 Å². The monoisotopic (exact) mass is 430 g/mol. The highest BCUT2D eigenvalue weighted by Gasteiger charge is 2.13. The number of non-ortho nitro benzene ring substituents is 1. The molecule has 0 aliphatic heterocycles. The summed E-state index contributed by atoms with van der Waals surface area (Å²) >= 11 is 3.39. The minimum Gasteiger partial charge on any atom is -0.505 e. The number of rotatable bonds is 4. The van der Waals surface area contributed by atoms with Crippen LogP contribution in [0.25, 0.3) is 5.69 Å². The molecule has 9 heteroatoms. The van der Waals surface area contributed by atoms with Gasteiger partial charge in [0.2, 0.25) is 0 Å². The maximum absolute atomic E-state index is 12.8. The Balaban J connectivity index is 1.99. The molecule has 0 aliphatic rings. The van der Waals surface area contributed by atoms with Crippen molar-refractivity contribution in [2.45, 2.75) is 13.8 Å². The number of aromatic hydroxyl groups is 1. The zero-order valence-corrected chi connectivity index (χ0v) is 16.0. The molecule has 2 aromatic carbocycles. The maximum atomic E-state index is 12.8. The minimum absolute atomic E-state index is 0.131. The third-order valence-corrected chi connectivity index (χ3v) is 4.51. The second-order valence-electron chi connectivity index (χ2n) is 5.91. The quantitative estimate of drug-likeness (QED) is 0.370. The Kier molecular flexibility index (Phi) is 4.95. The van der Waals surface area contributed by atoms with Gasteiger partial charge in [0.05, 0.1) is 22.2 Å². The molecule has 0 atom stereocenters. The van der Waals surface area contributed by atoms with Gasteiger partial charge >= 0.3 is 0 Å². The normalized spacial score (nSPS) is 11.2. The van der Waals surface area contributed by atoms with Gasteiger partial charge in [-0.15, -0.1) is 0 Å². The van der Waals surface area contributed by atoms with Gasteiger partial charge in [-0.05, 0) is 43.7 Å². The predicted molar refractivity (Wildman–Crippen MR) is 106 cm³/mol. The first-order chi connectivity index (χ1) is 12.8. The molecule has 0 bridgehead atoms. The van der Waals surface area contributed by atoms with Crippen molar-refractivity contribution in [1.82, 2.24) is 9.78 Å². The summed E-state index contributed by atoms with van der Waals surface area (Å²) in [6.45, 7) is 3.63. The number of halogens is 1. The van der Waals surface area contributed by atoms with Crippen LogP contribution in [0.15, 0.2) is 50.7 Å². The summed E-state index contributed by atoms with van der Waals surface area (Å²) in [6, 6.07) is 9.14. The average molecular weight is 431 g/mol. The van der Waals surface area contributed by atoms with Crippen LogP contribution in [0.4, 0.5) is 11.4 Å². The first kappa shape index (κ1) is 18.6. The fraction of sp³-hybridized carbons (Fsp3) is 0.111. The molecule has 0 saturated carbocycles. The second kappa shape index (κ2) is 7.20. The third-order valence-electron chi connectivity index (χ3n) is 4.02. The number of aryl methyl sites for hydroxylation is 2. The van der Waals surface area contributed by atoms with E-state index in [0.29, 0.717) is 16.9 Å². The van der Waals surface area contributed by atoms with Crippen molar-refractivity contribution in [2.24, 2.45) is 4.99 Å². The molecule has 1 heterocycles. The Morgan fingerprint density at radius 2 is 2.00 bits per heavy atom. The molecule has 27 heavy (non-hydrogen) atoms. The first-order valence-electron chi connectivity index (χ1n) is 7.87. The van der Waals surface area contributed by atoms with Crippen molar-refractivity contribution in [2.75, 3.05) is 0 Å². The number of hydrogen-bond donors (Lipinski definition) is 2. The molecule has 0 amide bonds. The van der Waals surface area contributed by atoms with Gasteiger partial charge in [0.25, 0.3) is 11.2 Å². The number of aromatic nitrogens is 2. The van der Waals surface area contributed by atoms with Gasteiger partial charge in [0.1, 0.15) is 11.4 Å². The summed E-state index contributed by atoms with van der Waals surface area (Å²) in [6.07, 6.45) is 1.33. The maximum Gasteiger partial charge on any atom is 0.280 e. The summed E-state index contributed by atoms with van der Waals surface area (Å²) in [7, 11) is 0. The summed E-state index contributed by atoms with van der Waals surface area (Å²) in [5.41, 5.74) is 2.16. The molecule has 0 radical (unpaired) electrons. The third kappa shape index (κ3) is 3.68. The van der Waals surface area contributed by atoms with Crippen LogP contribution < -0.4 is 5.56 Å². The Morgan fingerprint density at radius 3 is 2.63 bits per heavy atom. The lowest BCUT2D eigenvalue weighted by Gasteiger charge is -2.06. The van der Waals surface area contributed by atoms with E-state index in [-0.39, 0.29) is 22.7 Å². The molecule has 0 spiro atoms. The molecule has 8 nitrogen and oxygen atoms in total. The number of nitrogens with one attached hydrogen (secondary N) is 1. The standard InChI is InChI=1S/C18H15BrN4O4/c1-10-7-12(19)3-6-16(10)22-18(25)14(11(2)21-22)9-20-15-5-4-13(23(26)27)8-17(15)24/h3-9,21,24H,1-2H3. The smallest absolute Gasteiger partial charge is 0.280 e. The zero-order valence-electron chi connectivity index (χ0n) is 14.4. The zero-order chi connectivity index (χ0) is 19.7. The molecule has 0 unspecified atom stereocenters.